The number of benzene rings is 2. The van der Waals surface area contributed by atoms with Crippen molar-refractivity contribution in [3.8, 4) is 0 Å². The molecule has 0 aliphatic carbocycles. The fourth-order valence-corrected chi connectivity index (χ4v) is 4.84. The highest BCUT2D eigenvalue weighted by Gasteiger charge is 2.29. The van der Waals surface area contributed by atoms with Crippen LogP contribution in [0.5, 0.6) is 0 Å². The molecule has 0 amide bonds. The molecule has 4 heteroatoms. The predicted molar refractivity (Wildman–Crippen MR) is 111 cm³/mol. The smallest absolute Gasteiger partial charge is 0.247 e. The molecule has 0 bridgehead atoms. The van der Waals surface area contributed by atoms with Crippen LogP contribution in [0.4, 0.5) is 0 Å². The minimum absolute atomic E-state index is 0.227. The summed E-state index contributed by atoms with van der Waals surface area (Å²) in [7, 11) is 0. The van der Waals surface area contributed by atoms with Gasteiger partial charge in [0.15, 0.2) is 0 Å². The van der Waals surface area contributed by atoms with Crippen molar-refractivity contribution in [2.75, 3.05) is 26.2 Å². The van der Waals surface area contributed by atoms with Gasteiger partial charge in [0.2, 0.25) is 11.6 Å². The second-order valence-corrected chi connectivity index (χ2v) is 8.50. The van der Waals surface area contributed by atoms with Gasteiger partial charge in [-0.1, -0.05) is 42.1 Å². The molecule has 2 aromatic carbocycles. The summed E-state index contributed by atoms with van der Waals surface area (Å²) in [4.78, 5) is 17.8. The van der Waals surface area contributed by atoms with Crippen LogP contribution in [0.15, 0.2) is 64.4 Å². The van der Waals surface area contributed by atoms with Gasteiger partial charge in [0.1, 0.15) is 6.54 Å². The molecule has 2 aliphatic rings. The molecular weight excluding hydrogens is 352 g/mol. The normalized spacial score (nSPS) is 17.4. The maximum Gasteiger partial charge on any atom is 0.247 e. The van der Waals surface area contributed by atoms with Gasteiger partial charge in [-0.3, -0.25) is 14.3 Å². The SMILES string of the molecule is O=C(C[N+]1=C2CCCCCN2CCC1)c1ccc(Sc2ccccc2)cc1. The Hall–Kier alpha value is -2.07. The largest absolute Gasteiger partial charge is 0.290 e. The molecule has 27 heavy (non-hydrogen) atoms. The first kappa shape index (κ1) is 18.3. The fourth-order valence-electron chi connectivity index (χ4n) is 4.00. The second-order valence-electron chi connectivity index (χ2n) is 7.35. The number of hydrogen-bond donors (Lipinski definition) is 0. The first-order chi connectivity index (χ1) is 13.3. The molecule has 1 fully saturated rings. The van der Waals surface area contributed by atoms with E-state index in [1.54, 1.807) is 11.8 Å². The molecule has 0 atom stereocenters. The van der Waals surface area contributed by atoms with Crippen LogP contribution in [0.3, 0.4) is 0 Å². The quantitative estimate of drug-likeness (QED) is 0.555. The van der Waals surface area contributed by atoms with E-state index in [0.29, 0.717) is 6.54 Å². The predicted octanol–water partition coefficient (Wildman–Crippen LogP) is 4.71. The van der Waals surface area contributed by atoms with E-state index < -0.39 is 0 Å². The van der Waals surface area contributed by atoms with E-state index in [2.05, 4.69) is 33.7 Å². The number of nitrogens with zero attached hydrogens (tertiary/aromatic N) is 2. The summed E-state index contributed by atoms with van der Waals surface area (Å²) in [6.45, 7) is 3.84. The van der Waals surface area contributed by atoms with Crippen molar-refractivity contribution in [3.05, 3.63) is 60.2 Å². The van der Waals surface area contributed by atoms with E-state index >= 15 is 0 Å². The maximum absolute atomic E-state index is 12.9. The highest BCUT2D eigenvalue weighted by Crippen LogP contribution is 2.27. The summed E-state index contributed by atoms with van der Waals surface area (Å²) in [5, 5.41) is 0. The van der Waals surface area contributed by atoms with Gasteiger partial charge in [0, 0.05) is 28.2 Å². The van der Waals surface area contributed by atoms with Crippen LogP contribution >= 0.6 is 11.8 Å². The van der Waals surface area contributed by atoms with Crippen molar-refractivity contribution < 1.29 is 9.37 Å². The number of carbonyl (C=O) groups is 1. The summed E-state index contributed by atoms with van der Waals surface area (Å²) in [5.74, 6) is 1.63. The average Bonchev–Trinajstić information content (AvgIpc) is 2.96. The Morgan fingerprint density at radius 3 is 2.44 bits per heavy atom. The van der Waals surface area contributed by atoms with Gasteiger partial charge in [-0.15, -0.1) is 0 Å². The summed E-state index contributed by atoms with van der Waals surface area (Å²) in [6.07, 6.45) is 6.12. The highest BCUT2D eigenvalue weighted by molar-refractivity contribution is 7.99. The molecule has 0 unspecified atom stereocenters. The minimum atomic E-state index is 0.227. The molecule has 2 aliphatic heterocycles. The Bertz CT molecular complexity index is 814. The molecule has 0 spiro atoms. The lowest BCUT2D eigenvalue weighted by atomic mass is 10.1. The Balaban J connectivity index is 1.45. The van der Waals surface area contributed by atoms with Crippen LogP contribution in [-0.4, -0.2) is 47.3 Å². The van der Waals surface area contributed by atoms with E-state index in [4.69, 9.17) is 0 Å². The van der Waals surface area contributed by atoms with Gasteiger partial charge in [-0.05, 0) is 43.5 Å². The number of fused-ring (bicyclic) bond motifs is 1. The van der Waals surface area contributed by atoms with Gasteiger partial charge in [-0.25, -0.2) is 0 Å². The molecule has 2 heterocycles. The molecule has 3 nitrogen and oxygen atoms in total. The van der Waals surface area contributed by atoms with Gasteiger partial charge in [0.05, 0.1) is 19.6 Å². The third-order valence-electron chi connectivity index (χ3n) is 5.40. The summed E-state index contributed by atoms with van der Waals surface area (Å²) in [6, 6.07) is 18.4. The monoisotopic (exact) mass is 379 g/mol. The topological polar surface area (TPSA) is 23.3 Å². The lowest BCUT2D eigenvalue weighted by molar-refractivity contribution is -0.526. The Kier molecular flexibility index (Phi) is 5.93. The highest BCUT2D eigenvalue weighted by atomic mass is 32.2. The minimum Gasteiger partial charge on any atom is -0.290 e. The van der Waals surface area contributed by atoms with Gasteiger partial charge >= 0.3 is 0 Å². The van der Waals surface area contributed by atoms with E-state index in [9.17, 15) is 4.79 Å². The van der Waals surface area contributed by atoms with E-state index in [1.165, 1.54) is 34.9 Å². The summed E-state index contributed by atoms with van der Waals surface area (Å²) in [5.41, 5.74) is 0.818. The number of carbonyl (C=O) groups excluding carboxylic acids is 1. The van der Waals surface area contributed by atoms with Gasteiger partial charge in [-0.2, -0.15) is 0 Å². The second kappa shape index (κ2) is 8.75. The van der Waals surface area contributed by atoms with Crippen LogP contribution in [-0.2, 0) is 0 Å². The third-order valence-corrected chi connectivity index (χ3v) is 6.42. The average molecular weight is 380 g/mol. The molecule has 0 radical (unpaired) electrons. The van der Waals surface area contributed by atoms with Gasteiger partial charge < -0.3 is 0 Å². The van der Waals surface area contributed by atoms with Crippen molar-refractivity contribution in [1.82, 2.24) is 4.90 Å². The van der Waals surface area contributed by atoms with Crippen LogP contribution in [0, 0.1) is 0 Å². The zero-order chi connectivity index (χ0) is 18.5. The number of amidine groups is 1. The molecule has 1 saturated heterocycles. The zero-order valence-electron chi connectivity index (χ0n) is 15.8. The number of hydrogen-bond acceptors (Lipinski definition) is 3. The first-order valence-electron chi connectivity index (χ1n) is 10.0. The first-order valence-corrected chi connectivity index (χ1v) is 10.8. The lowest BCUT2D eigenvalue weighted by Crippen LogP contribution is -2.45. The number of ketones is 1. The van der Waals surface area contributed by atoms with Crippen LogP contribution in [0.25, 0.3) is 0 Å². The standard InChI is InChI=1S/C23H27N2OS/c26-22(18-25-17-7-16-24-15-6-2-5-10-23(24)25)19-11-13-21(14-12-19)27-20-8-3-1-4-9-20/h1,3-4,8-9,11-14H,2,5-7,10,15-18H2/q+1. The van der Waals surface area contributed by atoms with Crippen molar-refractivity contribution in [3.63, 3.8) is 0 Å². The molecule has 0 N–H and O–H groups in total. The maximum atomic E-state index is 12.9. The van der Waals surface area contributed by atoms with E-state index in [-0.39, 0.29) is 5.78 Å². The van der Waals surface area contributed by atoms with E-state index in [1.807, 2.05) is 30.3 Å². The molecule has 0 saturated carbocycles. The Morgan fingerprint density at radius 2 is 1.63 bits per heavy atom. The van der Waals surface area contributed by atoms with Crippen molar-refractivity contribution in [1.29, 1.82) is 0 Å². The molecular formula is C23H27N2OS+. The molecule has 2 aromatic rings. The van der Waals surface area contributed by atoms with Crippen LogP contribution in [0.1, 0.15) is 42.5 Å². The van der Waals surface area contributed by atoms with Crippen molar-refractivity contribution in [2.45, 2.75) is 41.9 Å². The van der Waals surface area contributed by atoms with Crippen molar-refractivity contribution in [2.24, 2.45) is 0 Å². The molecule has 140 valence electrons. The molecule has 4 rings (SSSR count). The Labute approximate surface area is 166 Å². The number of rotatable bonds is 5. The third kappa shape index (κ3) is 4.62. The number of Topliss-reactive ketones (excluding diaryl/α,β-unsaturated/α-hetero) is 1. The summed E-state index contributed by atoms with van der Waals surface area (Å²) < 4.78 is 2.34. The van der Waals surface area contributed by atoms with Crippen molar-refractivity contribution >= 4 is 23.4 Å². The zero-order valence-corrected chi connectivity index (χ0v) is 16.6. The Morgan fingerprint density at radius 1 is 0.889 bits per heavy atom. The lowest BCUT2D eigenvalue weighted by Gasteiger charge is -2.25. The molecule has 0 aromatic heterocycles. The summed E-state index contributed by atoms with van der Waals surface area (Å²) >= 11 is 1.73. The van der Waals surface area contributed by atoms with Crippen LogP contribution in [0.2, 0.25) is 0 Å². The fraction of sp³-hybridized carbons (Fsp3) is 0.391. The van der Waals surface area contributed by atoms with Crippen LogP contribution < -0.4 is 0 Å². The van der Waals surface area contributed by atoms with E-state index in [0.717, 1.165) is 38.0 Å². The van der Waals surface area contributed by atoms with Gasteiger partial charge in [0.25, 0.3) is 0 Å².